The van der Waals surface area contributed by atoms with E-state index in [1.54, 1.807) is 11.3 Å². The second-order valence-electron chi connectivity index (χ2n) is 7.13. The highest BCUT2D eigenvalue weighted by Gasteiger charge is 2.18. The van der Waals surface area contributed by atoms with Crippen molar-refractivity contribution in [2.45, 2.75) is 45.8 Å². The van der Waals surface area contributed by atoms with Crippen molar-refractivity contribution in [3.05, 3.63) is 62.9 Å². The molecule has 4 aromatic rings. The number of Topliss-reactive ketones (excluding diaryl/α,β-unsaturated/α-hetero) is 1. The highest BCUT2D eigenvalue weighted by atomic mass is 32.2. The van der Waals surface area contributed by atoms with Crippen LogP contribution in [-0.2, 0) is 13.0 Å². The summed E-state index contributed by atoms with van der Waals surface area (Å²) in [6, 6.07) is 8.23. The molecule has 0 aromatic carbocycles. The van der Waals surface area contributed by atoms with E-state index in [9.17, 15) is 4.79 Å². The number of ketones is 1. The fourth-order valence-corrected chi connectivity index (χ4v) is 5.17. The van der Waals surface area contributed by atoms with Gasteiger partial charge in [0.15, 0.2) is 10.9 Å². The van der Waals surface area contributed by atoms with Crippen LogP contribution in [0.3, 0.4) is 0 Å². The molecule has 4 aromatic heterocycles. The van der Waals surface area contributed by atoms with E-state index in [0.717, 1.165) is 41.3 Å². The van der Waals surface area contributed by atoms with Crippen molar-refractivity contribution in [1.82, 2.24) is 24.1 Å². The predicted molar refractivity (Wildman–Crippen MR) is 117 cm³/mol. The Bertz CT molecular complexity index is 1170. The van der Waals surface area contributed by atoms with Crippen LogP contribution in [0.25, 0.3) is 5.78 Å². The molecule has 8 heteroatoms. The molecule has 0 saturated heterocycles. The lowest BCUT2D eigenvalue weighted by Crippen LogP contribution is -2.08. The van der Waals surface area contributed by atoms with E-state index in [2.05, 4.69) is 44.2 Å². The fourth-order valence-electron chi connectivity index (χ4n) is 3.61. The zero-order valence-corrected chi connectivity index (χ0v) is 18.6. The van der Waals surface area contributed by atoms with Gasteiger partial charge in [0.25, 0.3) is 5.78 Å². The lowest BCUT2D eigenvalue weighted by Gasteiger charge is -2.09. The molecule has 29 heavy (non-hydrogen) atoms. The second kappa shape index (κ2) is 8.12. The number of carbonyl (C=O) groups excluding carboxylic acids is 1. The maximum absolute atomic E-state index is 12.9. The zero-order valence-electron chi connectivity index (χ0n) is 17.0. The summed E-state index contributed by atoms with van der Waals surface area (Å²) in [4.78, 5) is 18.7. The second-order valence-corrected chi connectivity index (χ2v) is 9.11. The molecule has 0 atom stereocenters. The highest BCUT2D eigenvalue weighted by molar-refractivity contribution is 7.99. The minimum atomic E-state index is 0.111. The van der Waals surface area contributed by atoms with Crippen LogP contribution in [-0.4, -0.2) is 35.7 Å². The van der Waals surface area contributed by atoms with E-state index in [1.165, 1.54) is 16.6 Å². The van der Waals surface area contributed by atoms with Crippen LogP contribution < -0.4 is 0 Å². The van der Waals surface area contributed by atoms with Crippen molar-refractivity contribution < 1.29 is 4.79 Å². The Morgan fingerprint density at radius 1 is 1.14 bits per heavy atom. The average molecular weight is 426 g/mol. The summed E-state index contributed by atoms with van der Waals surface area (Å²) in [7, 11) is 0. The van der Waals surface area contributed by atoms with Crippen LogP contribution in [0.15, 0.2) is 34.8 Å². The molecule has 6 nitrogen and oxygen atoms in total. The third-order valence-corrected chi connectivity index (χ3v) is 6.90. The van der Waals surface area contributed by atoms with Gasteiger partial charge >= 0.3 is 0 Å². The van der Waals surface area contributed by atoms with Gasteiger partial charge < -0.3 is 4.57 Å². The Kier molecular flexibility index (Phi) is 5.56. The SMILES string of the molecule is Cc1cc(C)n2c(SCC(=O)c3cc(C)n(CCc4cccs4)c3C)nnc2n1. The molecule has 0 aliphatic carbocycles. The normalized spacial score (nSPS) is 11.4. The van der Waals surface area contributed by atoms with Gasteiger partial charge in [-0.25, -0.2) is 4.98 Å². The maximum Gasteiger partial charge on any atom is 0.256 e. The van der Waals surface area contributed by atoms with Gasteiger partial charge in [0.1, 0.15) is 0 Å². The summed E-state index contributed by atoms with van der Waals surface area (Å²) >= 11 is 3.18. The molecular weight excluding hydrogens is 402 g/mol. The number of aromatic nitrogens is 5. The Balaban J connectivity index is 1.48. The molecule has 150 valence electrons. The van der Waals surface area contributed by atoms with Crippen molar-refractivity contribution in [1.29, 1.82) is 0 Å². The van der Waals surface area contributed by atoms with Gasteiger partial charge in [0.2, 0.25) is 0 Å². The lowest BCUT2D eigenvalue weighted by atomic mass is 10.2. The highest BCUT2D eigenvalue weighted by Crippen LogP contribution is 2.23. The molecule has 0 amide bonds. The maximum atomic E-state index is 12.9. The minimum Gasteiger partial charge on any atom is -0.348 e. The number of hydrogen-bond acceptors (Lipinski definition) is 6. The number of aryl methyl sites for hydroxylation is 4. The first kappa shape index (κ1) is 19.8. The fraction of sp³-hybridized carbons (Fsp3) is 0.333. The van der Waals surface area contributed by atoms with Crippen LogP contribution in [0, 0.1) is 27.7 Å². The first-order valence-corrected chi connectivity index (χ1v) is 11.3. The average Bonchev–Trinajstić information content (AvgIpc) is 3.39. The molecule has 0 aliphatic heterocycles. The number of rotatable bonds is 7. The van der Waals surface area contributed by atoms with E-state index in [1.807, 2.05) is 37.3 Å². The molecule has 0 radical (unpaired) electrons. The zero-order chi connectivity index (χ0) is 20.5. The predicted octanol–water partition coefficient (Wildman–Crippen LogP) is 4.44. The topological polar surface area (TPSA) is 65.1 Å². The number of nitrogens with zero attached hydrogens (tertiary/aromatic N) is 5. The van der Waals surface area contributed by atoms with Crippen LogP contribution in [0.2, 0.25) is 0 Å². The Labute approximate surface area is 178 Å². The van der Waals surface area contributed by atoms with Gasteiger partial charge in [-0.1, -0.05) is 17.8 Å². The summed E-state index contributed by atoms with van der Waals surface area (Å²) in [5.41, 5.74) is 4.87. The van der Waals surface area contributed by atoms with Crippen molar-refractivity contribution in [2.75, 3.05) is 5.75 Å². The number of fused-ring (bicyclic) bond motifs is 1. The summed E-state index contributed by atoms with van der Waals surface area (Å²) in [6.45, 7) is 8.92. The first-order valence-electron chi connectivity index (χ1n) is 9.48. The Morgan fingerprint density at radius 3 is 2.72 bits per heavy atom. The molecular formula is C21H23N5OS2. The molecule has 0 aliphatic rings. The Morgan fingerprint density at radius 2 is 1.97 bits per heavy atom. The molecule has 0 bridgehead atoms. The van der Waals surface area contributed by atoms with E-state index in [4.69, 9.17) is 0 Å². The molecule has 0 saturated carbocycles. The molecule has 4 heterocycles. The van der Waals surface area contributed by atoms with E-state index in [0.29, 0.717) is 16.7 Å². The third-order valence-electron chi connectivity index (χ3n) is 5.03. The molecule has 0 fully saturated rings. The van der Waals surface area contributed by atoms with Crippen molar-refractivity contribution in [3.63, 3.8) is 0 Å². The van der Waals surface area contributed by atoms with E-state index < -0.39 is 0 Å². The number of hydrogen-bond donors (Lipinski definition) is 0. The van der Waals surface area contributed by atoms with E-state index in [-0.39, 0.29) is 5.78 Å². The lowest BCUT2D eigenvalue weighted by molar-refractivity contribution is 0.102. The quantitative estimate of drug-likeness (QED) is 0.324. The van der Waals surface area contributed by atoms with Gasteiger partial charge in [-0.3, -0.25) is 9.20 Å². The standard InChI is InChI=1S/C21H23N5OS2/c1-13-10-15(3)26-20(22-13)23-24-21(26)29-12-19(27)18-11-14(2)25(16(18)4)8-7-17-6-5-9-28-17/h5-6,9-11H,7-8,12H2,1-4H3. The van der Waals surface area contributed by atoms with Gasteiger partial charge in [-0.15, -0.1) is 21.5 Å². The Hall–Kier alpha value is -2.45. The van der Waals surface area contributed by atoms with Crippen molar-refractivity contribution >= 4 is 34.7 Å². The minimum absolute atomic E-state index is 0.111. The molecule has 0 N–H and O–H groups in total. The summed E-state index contributed by atoms with van der Waals surface area (Å²) < 4.78 is 4.14. The summed E-state index contributed by atoms with van der Waals surface area (Å²) in [6.07, 6.45) is 0.980. The smallest absolute Gasteiger partial charge is 0.256 e. The molecule has 4 rings (SSSR count). The van der Waals surface area contributed by atoms with Crippen LogP contribution in [0.5, 0.6) is 0 Å². The molecule has 0 spiro atoms. The number of thioether (sulfide) groups is 1. The largest absolute Gasteiger partial charge is 0.348 e. The summed E-state index contributed by atoms with van der Waals surface area (Å²) in [5, 5.41) is 11.2. The summed E-state index contributed by atoms with van der Waals surface area (Å²) in [5.74, 6) is 1.01. The van der Waals surface area contributed by atoms with Gasteiger partial charge in [-0.05, 0) is 57.7 Å². The van der Waals surface area contributed by atoms with Crippen LogP contribution in [0.4, 0.5) is 0 Å². The van der Waals surface area contributed by atoms with Crippen LogP contribution >= 0.6 is 23.1 Å². The van der Waals surface area contributed by atoms with Crippen molar-refractivity contribution in [2.24, 2.45) is 0 Å². The van der Waals surface area contributed by atoms with Crippen LogP contribution in [0.1, 0.15) is 38.0 Å². The van der Waals surface area contributed by atoms with Gasteiger partial charge in [0.05, 0.1) is 5.75 Å². The first-order chi connectivity index (χ1) is 13.9. The van der Waals surface area contributed by atoms with Gasteiger partial charge in [0, 0.05) is 39.8 Å². The monoisotopic (exact) mass is 425 g/mol. The number of carbonyl (C=O) groups is 1. The number of thiophene rings is 1. The van der Waals surface area contributed by atoms with Gasteiger partial charge in [-0.2, -0.15) is 0 Å². The van der Waals surface area contributed by atoms with Crippen molar-refractivity contribution in [3.8, 4) is 0 Å². The third kappa shape index (κ3) is 4.00. The van der Waals surface area contributed by atoms with E-state index >= 15 is 0 Å². The molecule has 0 unspecified atom stereocenters.